The van der Waals surface area contributed by atoms with Gasteiger partial charge in [-0.05, 0) is 31.4 Å². The van der Waals surface area contributed by atoms with Crippen molar-refractivity contribution in [2.24, 2.45) is 5.92 Å². The van der Waals surface area contributed by atoms with Crippen molar-refractivity contribution in [3.8, 4) is 17.2 Å². The van der Waals surface area contributed by atoms with Crippen LogP contribution >= 0.6 is 0 Å². The molecule has 162 valence electrons. The van der Waals surface area contributed by atoms with Crippen molar-refractivity contribution in [1.82, 2.24) is 9.62 Å². The molecule has 0 aromatic heterocycles. The molecule has 0 saturated carbocycles. The van der Waals surface area contributed by atoms with Gasteiger partial charge in [0.25, 0.3) is 0 Å². The van der Waals surface area contributed by atoms with Gasteiger partial charge in [-0.1, -0.05) is 6.92 Å². The van der Waals surface area contributed by atoms with Crippen LogP contribution < -0.4 is 19.5 Å². The first-order valence-corrected chi connectivity index (χ1v) is 11.5. The zero-order chi connectivity index (χ0) is 20.9. The Balaban J connectivity index is 1.42. The molecule has 1 aromatic carbocycles. The Kier molecular flexibility index (Phi) is 7.20. The van der Waals surface area contributed by atoms with Gasteiger partial charge >= 0.3 is 0 Å². The minimum Gasteiger partial charge on any atom is -0.491 e. The van der Waals surface area contributed by atoms with Crippen LogP contribution in [-0.4, -0.2) is 68.6 Å². The first-order valence-electron chi connectivity index (χ1n) is 9.85. The summed E-state index contributed by atoms with van der Waals surface area (Å²) in [6, 6.07) is 5.13. The quantitative estimate of drug-likeness (QED) is 0.596. The summed E-state index contributed by atoms with van der Waals surface area (Å²) in [6.45, 7) is 2.67. The van der Waals surface area contributed by atoms with Gasteiger partial charge in [-0.25, -0.2) is 12.7 Å². The van der Waals surface area contributed by atoms with Crippen molar-refractivity contribution in [2.75, 3.05) is 38.8 Å². The number of aliphatic hydroxyl groups excluding tert-OH is 1. The summed E-state index contributed by atoms with van der Waals surface area (Å²) in [5.41, 5.74) is 0. The fraction of sp³-hybridized carbons (Fsp3) is 0.632. The van der Waals surface area contributed by atoms with Crippen molar-refractivity contribution in [1.29, 1.82) is 0 Å². The lowest BCUT2D eigenvalue weighted by Crippen LogP contribution is -2.47. The van der Waals surface area contributed by atoms with E-state index in [0.29, 0.717) is 43.1 Å². The number of piperidine rings is 1. The molecule has 2 aliphatic heterocycles. The van der Waals surface area contributed by atoms with Crippen molar-refractivity contribution in [3.05, 3.63) is 18.2 Å². The highest BCUT2D eigenvalue weighted by molar-refractivity contribution is 7.89. The van der Waals surface area contributed by atoms with Gasteiger partial charge in [-0.15, -0.1) is 0 Å². The van der Waals surface area contributed by atoms with E-state index in [-0.39, 0.29) is 38.1 Å². The predicted octanol–water partition coefficient (Wildman–Crippen LogP) is 0.723. The number of aliphatic hydroxyl groups is 1. The summed E-state index contributed by atoms with van der Waals surface area (Å²) < 4.78 is 41.9. The summed E-state index contributed by atoms with van der Waals surface area (Å²) in [5, 5.41) is 12.8. The highest BCUT2D eigenvalue weighted by Crippen LogP contribution is 2.35. The molecule has 1 fully saturated rings. The Morgan fingerprint density at radius 1 is 1.38 bits per heavy atom. The third kappa shape index (κ3) is 5.74. The Labute approximate surface area is 171 Å². The zero-order valence-electron chi connectivity index (χ0n) is 16.5. The molecule has 2 aliphatic rings. The van der Waals surface area contributed by atoms with Crippen LogP contribution in [0.3, 0.4) is 0 Å². The molecule has 1 amide bonds. The van der Waals surface area contributed by atoms with Crippen LogP contribution in [-0.2, 0) is 14.8 Å². The molecule has 0 radical (unpaired) electrons. The molecule has 0 bridgehead atoms. The van der Waals surface area contributed by atoms with Crippen molar-refractivity contribution in [3.63, 3.8) is 0 Å². The number of rotatable bonds is 9. The summed E-state index contributed by atoms with van der Waals surface area (Å²) in [6.07, 6.45) is 0.934. The van der Waals surface area contributed by atoms with Crippen molar-refractivity contribution in [2.45, 2.75) is 32.3 Å². The molecule has 3 rings (SSSR count). The van der Waals surface area contributed by atoms with E-state index in [4.69, 9.17) is 14.2 Å². The number of carbonyl (C=O) groups excluding carboxylic acids is 1. The van der Waals surface area contributed by atoms with Crippen LogP contribution in [0.1, 0.15) is 26.2 Å². The number of ether oxygens (including phenoxy) is 3. The monoisotopic (exact) mass is 428 g/mol. The molecule has 10 heteroatoms. The second kappa shape index (κ2) is 9.64. The molecule has 0 aliphatic carbocycles. The van der Waals surface area contributed by atoms with E-state index in [1.807, 2.05) is 6.92 Å². The van der Waals surface area contributed by atoms with Crippen LogP contribution in [0.5, 0.6) is 17.2 Å². The van der Waals surface area contributed by atoms with Gasteiger partial charge < -0.3 is 24.6 Å². The SMILES string of the molecule is CCCS(=O)(=O)N1CCCC(C(=O)NCC(O)COc2ccc3c(c2)OCO3)C1. The topological polar surface area (TPSA) is 114 Å². The molecule has 2 unspecified atom stereocenters. The maximum Gasteiger partial charge on any atom is 0.231 e. The van der Waals surface area contributed by atoms with E-state index in [1.165, 1.54) is 4.31 Å². The summed E-state index contributed by atoms with van der Waals surface area (Å²) >= 11 is 0. The van der Waals surface area contributed by atoms with Gasteiger partial charge in [0.05, 0.1) is 11.7 Å². The van der Waals surface area contributed by atoms with Crippen molar-refractivity contribution < 1.29 is 32.5 Å². The molecule has 0 spiro atoms. The normalized spacial score (nSPS) is 20.3. The maximum absolute atomic E-state index is 12.4. The predicted molar refractivity (Wildman–Crippen MR) is 105 cm³/mol. The highest BCUT2D eigenvalue weighted by Gasteiger charge is 2.31. The van der Waals surface area contributed by atoms with Gasteiger partial charge in [-0.3, -0.25) is 4.79 Å². The van der Waals surface area contributed by atoms with Gasteiger partial charge in [-0.2, -0.15) is 0 Å². The highest BCUT2D eigenvalue weighted by atomic mass is 32.2. The van der Waals surface area contributed by atoms with Crippen LogP contribution in [0.2, 0.25) is 0 Å². The molecular formula is C19H28N2O7S. The van der Waals surface area contributed by atoms with E-state index in [1.54, 1.807) is 18.2 Å². The van der Waals surface area contributed by atoms with Gasteiger partial charge in [0.15, 0.2) is 11.5 Å². The molecular weight excluding hydrogens is 400 g/mol. The summed E-state index contributed by atoms with van der Waals surface area (Å²) in [7, 11) is -3.31. The number of amides is 1. The average molecular weight is 429 g/mol. The number of nitrogens with one attached hydrogen (secondary N) is 1. The van der Waals surface area contributed by atoms with Crippen LogP contribution in [0.25, 0.3) is 0 Å². The molecule has 9 nitrogen and oxygen atoms in total. The molecule has 29 heavy (non-hydrogen) atoms. The molecule has 2 N–H and O–H groups in total. The Morgan fingerprint density at radius 2 is 2.17 bits per heavy atom. The minimum atomic E-state index is -3.31. The van der Waals surface area contributed by atoms with E-state index >= 15 is 0 Å². The second-order valence-corrected chi connectivity index (χ2v) is 9.33. The first-order chi connectivity index (χ1) is 13.9. The Morgan fingerprint density at radius 3 is 2.97 bits per heavy atom. The number of hydrogen-bond donors (Lipinski definition) is 2. The first kappa shape index (κ1) is 21.7. The van der Waals surface area contributed by atoms with E-state index in [9.17, 15) is 18.3 Å². The smallest absolute Gasteiger partial charge is 0.231 e. The van der Waals surface area contributed by atoms with Gasteiger partial charge in [0, 0.05) is 25.7 Å². The van der Waals surface area contributed by atoms with Gasteiger partial charge in [0.1, 0.15) is 18.5 Å². The molecule has 2 atom stereocenters. The third-order valence-electron chi connectivity index (χ3n) is 4.91. The maximum atomic E-state index is 12.4. The van der Waals surface area contributed by atoms with E-state index < -0.39 is 22.0 Å². The molecule has 1 saturated heterocycles. The lowest BCUT2D eigenvalue weighted by Gasteiger charge is -2.31. The zero-order valence-corrected chi connectivity index (χ0v) is 17.3. The second-order valence-electron chi connectivity index (χ2n) is 7.24. The summed E-state index contributed by atoms with van der Waals surface area (Å²) in [4.78, 5) is 12.4. The van der Waals surface area contributed by atoms with E-state index in [2.05, 4.69) is 5.32 Å². The lowest BCUT2D eigenvalue weighted by atomic mass is 9.99. The summed E-state index contributed by atoms with van der Waals surface area (Å²) in [5.74, 6) is 1.21. The van der Waals surface area contributed by atoms with Gasteiger partial charge in [0.2, 0.25) is 22.7 Å². The van der Waals surface area contributed by atoms with E-state index in [0.717, 1.165) is 0 Å². The fourth-order valence-electron chi connectivity index (χ4n) is 3.38. The number of nitrogens with zero attached hydrogens (tertiary/aromatic N) is 1. The Bertz CT molecular complexity index is 815. The van der Waals surface area contributed by atoms with Crippen LogP contribution in [0.15, 0.2) is 18.2 Å². The third-order valence-corrected chi connectivity index (χ3v) is 6.95. The lowest BCUT2D eigenvalue weighted by molar-refractivity contribution is -0.126. The number of sulfonamides is 1. The average Bonchev–Trinajstić information content (AvgIpc) is 3.18. The van der Waals surface area contributed by atoms with Crippen molar-refractivity contribution >= 4 is 15.9 Å². The standard InChI is InChI=1S/C19H28N2O7S/c1-2-8-29(24,25)21-7-3-4-14(11-21)19(23)20-10-15(22)12-26-16-5-6-17-18(9-16)28-13-27-17/h5-6,9,14-15,22H,2-4,7-8,10-13H2,1H3,(H,20,23). The van der Waals surface area contributed by atoms with Crippen LogP contribution in [0.4, 0.5) is 0 Å². The fourth-order valence-corrected chi connectivity index (χ4v) is 4.97. The number of benzene rings is 1. The largest absolute Gasteiger partial charge is 0.491 e. The Hall–Kier alpha value is -2.04. The number of fused-ring (bicyclic) bond motifs is 1. The number of hydrogen-bond acceptors (Lipinski definition) is 7. The molecule has 1 aromatic rings. The minimum absolute atomic E-state index is 0.00158. The number of carbonyl (C=O) groups is 1. The molecule has 2 heterocycles. The van der Waals surface area contributed by atoms with Crippen LogP contribution in [0, 0.1) is 5.92 Å².